The monoisotopic (exact) mass is 573 g/mol. The summed E-state index contributed by atoms with van der Waals surface area (Å²) in [7, 11) is 0. The predicted octanol–water partition coefficient (Wildman–Crippen LogP) is 0.316. The van der Waals surface area contributed by atoms with Gasteiger partial charge in [-0.15, -0.1) is 11.6 Å². The summed E-state index contributed by atoms with van der Waals surface area (Å²) in [4.78, 5) is 76.4. The highest BCUT2D eigenvalue weighted by Crippen LogP contribution is 2.11. The Morgan fingerprint density at radius 2 is 1.38 bits per heavy atom. The molecule has 0 saturated heterocycles. The number of carbonyl (C=O) groups is 7. The van der Waals surface area contributed by atoms with Gasteiger partial charge in [-0.2, -0.15) is 0 Å². The molecule has 0 aliphatic carbocycles. The summed E-state index contributed by atoms with van der Waals surface area (Å²) >= 11 is 5.41. The van der Waals surface area contributed by atoms with Crippen molar-refractivity contribution in [2.75, 3.05) is 37.5 Å². The molecule has 1 aromatic carbocycles. The number of hydrogen-bond donors (Lipinski definition) is 3. The topological polar surface area (TPSA) is 192 Å². The molecule has 0 spiro atoms. The van der Waals surface area contributed by atoms with E-state index < -0.39 is 47.9 Å². The molecule has 0 aliphatic heterocycles. The molecule has 216 valence electrons. The molecule has 0 aromatic heterocycles. The SMILES string of the molecule is CC(=O)OCC(CNC(=O)c1cccc(NC(=O)CCl)c1)OC(C)=O.CC(=O)OCC(CNC=O)OC(C)=O. The van der Waals surface area contributed by atoms with Crippen LogP contribution < -0.4 is 16.0 Å². The molecule has 3 N–H and O–H groups in total. The van der Waals surface area contributed by atoms with Crippen molar-refractivity contribution in [3.05, 3.63) is 29.8 Å². The number of halogens is 1. The number of alkyl halides is 1. The molecule has 2 unspecified atom stereocenters. The first kappa shape index (κ1) is 34.8. The van der Waals surface area contributed by atoms with E-state index in [1.807, 2.05) is 0 Å². The average molecular weight is 574 g/mol. The Kier molecular flexibility index (Phi) is 17.7. The van der Waals surface area contributed by atoms with E-state index in [1.54, 1.807) is 18.2 Å². The number of carbonyl (C=O) groups excluding carboxylic acids is 7. The molecule has 2 atom stereocenters. The van der Waals surface area contributed by atoms with E-state index in [2.05, 4.69) is 20.7 Å². The third-order valence-corrected chi connectivity index (χ3v) is 4.30. The fourth-order valence-electron chi connectivity index (χ4n) is 2.58. The van der Waals surface area contributed by atoms with Crippen molar-refractivity contribution in [3.8, 4) is 0 Å². The number of rotatable bonds is 14. The van der Waals surface area contributed by atoms with Crippen LogP contribution in [0, 0.1) is 0 Å². The third kappa shape index (κ3) is 18.7. The zero-order chi connectivity index (χ0) is 29.8. The fraction of sp³-hybridized carbons (Fsp3) is 0.458. The zero-order valence-electron chi connectivity index (χ0n) is 21.9. The Morgan fingerprint density at radius 1 is 0.846 bits per heavy atom. The van der Waals surface area contributed by atoms with Crippen molar-refractivity contribution >= 4 is 59.4 Å². The van der Waals surface area contributed by atoms with Crippen molar-refractivity contribution in [2.45, 2.75) is 39.9 Å². The number of benzene rings is 1. The van der Waals surface area contributed by atoms with Crippen molar-refractivity contribution < 1.29 is 52.5 Å². The second kappa shape index (κ2) is 19.9. The van der Waals surface area contributed by atoms with Crippen LogP contribution in [0.4, 0.5) is 5.69 Å². The van der Waals surface area contributed by atoms with Crippen molar-refractivity contribution in [2.24, 2.45) is 0 Å². The van der Waals surface area contributed by atoms with Gasteiger partial charge in [0.15, 0.2) is 12.2 Å². The summed E-state index contributed by atoms with van der Waals surface area (Å²) in [6, 6.07) is 6.25. The standard InChI is InChI=1S/C16H19ClN2O6.C8H13NO5/c1-10(20)24-9-14(25-11(2)21)8-18-16(23)12-4-3-5-13(6-12)19-15(22)7-17;1-6(11)13-4-8(3-9-5-10)14-7(2)12/h3-6,14H,7-9H2,1-2H3,(H,18,23)(H,19,22);5,8H,3-4H2,1-2H3,(H,9,10). The minimum atomic E-state index is -0.801. The number of nitrogens with one attached hydrogen (secondary N) is 3. The molecule has 0 fully saturated rings. The summed E-state index contributed by atoms with van der Waals surface area (Å²) in [5, 5.41) is 7.44. The first-order valence-corrected chi connectivity index (χ1v) is 11.9. The molecular formula is C24H32ClN3O11. The van der Waals surface area contributed by atoms with Crippen LogP contribution in [0.5, 0.6) is 0 Å². The summed E-state index contributed by atoms with van der Waals surface area (Å²) in [6.07, 6.45) is -0.962. The normalized spacial score (nSPS) is 11.2. The van der Waals surface area contributed by atoms with Gasteiger partial charge in [0, 0.05) is 38.9 Å². The Morgan fingerprint density at radius 3 is 1.85 bits per heavy atom. The molecule has 14 nitrogen and oxygen atoms in total. The Labute approximate surface area is 230 Å². The van der Waals surface area contributed by atoms with Crippen molar-refractivity contribution in [1.29, 1.82) is 0 Å². The highest BCUT2D eigenvalue weighted by Gasteiger charge is 2.16. The van der Waals surface area contributed by atoms with Gasteiger partial charge in [-0.05, 0) is 18.2 Å². The summed E-state index contributed by atoms with van der Waals surface area (Å²) < 4.78 is 19.2. The maximum atomic E-state index is 12.2. The smallest absolute Gasteiger partial charge is 0.303 e. The maximum Gasteiger partial charge on any atom is 0.303 e. The third-order valence-electron chi connectivity index (χ3n) is 4.06. The molecule has 0 heterocycles. The Hall–Kier alpha value is -4.20. The lowest BCUT2D eigenvalue weighted by molar-refractivity contribution is -0.156. The Balaban J connectivity index is 0.000000876. The van der Waals surface area contributed by atoms with Crippen LogP contribution in [0.15, 0.2) is 24.3 Å². The van der Waals surface area contributed by atoms with E-state index in [4.69, 9.17) is 25.8 Å². The van der Waals surface area contributed by atoms with Gasteiger partial charge in [0.05, 0.1) is 13.1 Å². The van der Waals surface area contributed by atoms with Crippen LogP contribution >= 0.6 is 11.6 Å². The minimum absolute atomic E-state index is 0.0377. The first-order chi connectivity index (χ1) is 18.4. The lowest BCUT2D eigenvalue weighted by Gasteiger charge is -2.17. The molecule has 0 radical (unpaired) electrons. The fourth-order valence-corrected chi connectivity index (χ4v) is 2.65. The van der Waals surface area contributed by atoms with Crippen molar-refractivity contribution in [1.82, 2.24) is 10.6 Å². The average Bonchev–Trinajstić information content (AvgIpc) is 2.86. The predicted molar refractivity (Wildman–Crippen MR) is 137 cm³/mol. The lowest BCUT2D eigenvalue weighted by atomic mass is 10.2. The highest BCUT2D eigenvalue weighted by molar-refractivity contribution is 6.29. The molecule has 15 heteroatoms. The number of amides is 3. The van der Waals surface area contributed by atoms with E-state index >= 15 is 0 Å². The van der Waals surface area contributed by atoms with Gasteiger partial charge in [-0.1, -0.05) is 6.07 Å². The van der Waals surface area contributed by atoms with Crippen LogP contribution in [0.2, 0.25) is 0 Å². The molecule has 39 heavy (non-hydrogen) atoms. The van der Waals surface area contributed by atoms with Gasteiger partial charge in [0.1, 0.15) is 19.1 Å². The van der Waals surface area contributed by atoms with Crippen LogP contribution in [-0.4, -0.2) is 86.5 Å². The van der Waals surface area contributed by atoms with E-state index in [0.29, 0.717) is 17.7 Å². The van der Waals surface area contributed by atoms with Gasteiger partial charge in [0.25, 0.3) is 5.91 Å². The van der Waals surface area contributed by atoms with E-state index in [-0.39, 0.29) is 32.2 Å². The Bertz CT molecular complexity index is 1000. The first-order valence-electron chi connectivity index (χ1n) is 11.4. The second-order valence-electron chi connectivity index (χ2n) is 7.57. The molecule has 0 saturated carbocycles. The lowest BCUT2D eigenvalue weighted by Crippen LogP contribution is -2.37. The van der Waals surface area contributed by atoms with Gasteiger partial charge < -0.3 is 34.9 Å². The van der Waals surface area contributed by atoms with Crippen molar-refractivity contribution in [3.63, 3.8) is 0 Å². The summed E-state index contributed by atoms with van der Waals surface area (Å²) in [5.41, 5.74) is 0.719. The number of esters is 4. The highest BCUT2D eigenvalue weighted by atomic mass is 35.5. The quantitative estimate of drug-likeness (QED) is 0.120. The number of ether oxygens (including phenoxy) is 4. The van der Waals surface area contributed by atoms with Crippen LogP contribution in [-0.2, 0) is 47.7 Å². The van der Waals surface area contributed by atoms with Crippen LogP contribution in [0.25, 0.3) is 0 Å². The van der Waals surface area contributed by atoms with Gasteiger partial charge in [-0.3, -0.25) is 33.6 Å². The summed E-state index contributed by atoms with van der Waals surface area (Å²) in [5.74, 6) is -3.07. The summed E-state index contributed by atoms with van der Waals surface area (Å²) in [6.45, 7) is 4.78. The zero-order valence-corrected chi connectivity index (χ0v) is 22.7. The van der Waals surface area contributed by atoms with Gasteiger partial charge in [-0.25, -0.2) is 0 Å². The largest absolute Gasteiger partial charge is 0.462 e. The van der Waals surface area contributed by atoms with Gasteiger partial charge >= 0.3 is 23.9 Å². The molecule has 0 aliphatic rings. The van der Waals surface area contributed by atoms with Gasteiger partial charge in [0.2, 0.25) is 12.3 Å². The molecule has 1 rings (SSSR count). The van der Waals surface area contributed by atoms with Crippen LogP contribution in [0.1, 0.15) is 38.1 Å². The molecule has 0 bridgehead atoms. The molecule has 3 amide bonds. The molecular weight excluding hydrogens is 542 g/mol. The van der Waals surface area contributed by atoms with E-state index in [0.717, 1.165) is 0 Å². The van der Waals surface area contributed by atoms with Crippen LogP contribution in [0.3, 0.4) is 0 Å². The van der Waals surface area contributed by atoms with E-state index in [9.17, 15) is 33.6 Å². The molecule has 1 aromatic rings. The maximum absolute atomic E-state index is 12.2. The minimum Gasteiger partial charge on any atom is -0.462 e. The number of hydrogen-bond acceptors (Lipinski definition) is 11. The number of anilines is 1. The van der Waals surface area contributed by atoms with E-state index in [1.165, 1.54) is 33.8 Å². The second-order valence-corrected chi connectivity index (χ2v) is 7.83.